The fourth-order valence-electron chi connectivity index (χ4n) is 2.85. The molecule has 0 bridgehead atoms. The lowest BCUT2D eigenvalue weighted by atomic mass is 10.1. The highest BCUT2D eigenvalue weighted by atomic mass is 19.4. The number of nitrogens with one attached hydrogen (secondary N) is 1. The van der Waals surface area contributed by atoms with Crippen molar-refractivity contribution < 1.29 is 22.8 Å². The fourth-order valence-corrected chi connectivity index (χ4v) is 2.85. The van der Waals surface area contributed by atoms with E-state index in [4.69, 9.17) is 0 Å². The van der Waals surface area contributed by atoms with Gasteiger partial charge in [0.25, 0.3) is 5.91 Å². The first kappa shape index (κ1) is 18.0. The number of anilines is 1. The molecule has 26 heavy (non-hydrogen) atoms. The second kappa shape index (κ2) is 6.82. The van der Waals surface area contributed by atoms with Crippen LogP contribution >= 0.6 is 0 Å². The van der Waals surface area contributed by atoms with Crippen molar-refractivity contribution in [2.24, 2.45) is 0 Å². The lowest BCUT2D eigenvalue weighted by molar-refractivity contribution is -0.137. The largest absolute Gasteiger partial charge is 0.416 e. The smallest absolute Gasteiger partial charge is 0.340 e. The molecule has 1 aliphatic rings. The molecule has 0 radical (unpaired) electrons. The minimum absolute atomic E-state index is 0.0829. The molecule has 1 atom stereocenters. The summed E-state index contributed by atoms with van der Waals surface area (Å²) in [7, 11) is 0. The van der Waals surface area contributed by atoms with Crippen LogP contribution in [0, 0.1) is 6.92 Å². The van der Waals surface area contributed by atoms with Crippen LogP contribution in [-0.4, -0.2) is 24.4 Å². The molecule has 1 fully saturated rings. The van der Waals surface area contributed by atoms with E-state index in [0.717, 1.165) is 35.5 Å². The van der Waals surface area contributed by atoms with E-state index in [0.29, 0.717) is 13.0 Å². The van der Waals surface area contributed by atoms with Crippen LogP contribution in [0.4, 0.5) is 18.9 Å². The lowest BCUT2D eigenvalue weighted by Gasteiger charge is -2.17. The van der Waals surface area contributed by atoms with Crippen molar-refractivity contribution in [3.8, 4) is 0 Å². The predicted octanol–water partition coefficient (Wildman–Crippen LogP) is 3.55. The van der Waals surface area contributed by atoms with Gasteiger partial charge in [-0.15, -0.1) is 0 Å². The molecule has 7 heteroatoms. The van der Waals surface area contributed by atoms with Crippen LogP contribution < -0.4 is 10.2 Å². The minimum atomic E-state index is -4.45. The number of hydrogen-bond donors (Lipinski definition) is 1. The van der Waals surface area contributed by atoms with Crippen LogP contribution in [0.15, 0.2) is 48.5 Å². The molecule has 136 valence electrons. The molecule has 1 aliphatic heterocycles. The average molecular weight is 362 g/mol. The van der Waals surface area contributed by atoms with E-state index >= 15 is 0 Å². The topological polar surface area (TPSA) is 49.4 Å². The molecule has 0 unspecified atom stereocenters. The number of carbonyl (C=O) groups is 2. The first-order valence-corrected chi connectivity index (χ1v) is 8.12. The van der Waals surface area contributed by atoms with Crippen LogP contribution in [0.25, 0.3) is 0 Å². The van der Waals surface area contributed by atoms with Crippen LogP contribution in [0.2, 0.25) is 0 Å². The number of hydrogen-bond acceptors (Lipinski definition) is 2. The molecule has 0 spiro atoms. The minimum Gasteiger partial charge on any atom is -0.340 e. The van der Waals surface area contributed by atoms with Gasteiger partial charge in [-0.1, -0.05) is 17.7 Å². The number of rotatable bonds is 3. The van der Waals surface area contributed by atoms with Crippen LogP contribution in [-0.2, 0) is 11.0 Å². The van der Waals surface area contributed by atoms with Crippen molar-refractivity contribution >= 4 is 17.5 Å². The fraction of sp³-hybridized carbons (Fsp3) is 0.263. The third kappa shape index (κ3) is 3.71. The maximum absolute atomic E-state index is 12.6. The molecule has 1 heterocycles. The Morgan fingerprint density at radius 2 is 1.69 bits per heavy atom. The van der Waals surface area contributed by atoms with Crippen LogP contribution in [0.5, 0.6) is 0 Å². The van der Waals surface area contributed by atoms with Crippen molar-refractivity contribution in [1.29, 1.82) is 0 Å². The summed E-state index contributed by atoms with van der Waals surface area (Å²) in [6, 6.07) is 10.7. The standard InChI is InChI=1S/C19H17F3N2O2/c1-12-2-8-15(9-3-12)24-11-10-16(18(24)26)23-17(25)13-4-6-14(7-5-13)19(20,21)22/h2-9,16H,10-11H2,1H3,(H,23,25)/t16-/m1/s1. The second-order valence-electron chi connectivity index (χ2n) is 6.22. The molecule has 2 amide bonds. The number of aryl methyl sites for hydroxylation is 1. The molecule has 1 saturated heterocycles. The van der Waals surface area contributed by atoms with Crippen LogP contribution in [0.1, 0.15) is 27.9 Å². The number of carbonyl (C=O) groups excluding carboxylic acids is 2. The summed E-state index contributed by atoms with van der Waals surface area (Å²) in [6.45, 7) is 2.42. The van der Waals surface area contributed by atoms with Gasteiger partial charge in [-0.05, 0) is 49.7 Å². The van der Waals surface area contributed by atoms with Gasteiger partial charge in [0.2, 0.25) is 5.91 Å². The number of halogens is 3. The van der Waals surface area contributed by atoms with Gasteiger partial charge < -0.3 is 10.2 Å². The van der Waals surface area contributed by atoms with Gasteiger partial charge >= 0.3 is 6.18 Å². The third-order valence-corrected chi connectivity index (χ3v) is 4.33. The summed E-state index contributed by atoms with van der Waals surface area (Å²) in [5, 5.41) is 2.60. The van der Waals surface area contributed by atoms with Crippen molar-refractivity contribution in [3.05, 3.63) is 65.2 Å². The molecule has 0 aromatic heterocycles. The van der Waals surface area contributed by atoms with Gasteiger partial charge in [0, 0.05) is 17.8 Å². The normalized spacial score (nSPS) is 17.5. The zero-order valence-corrected chi connectivity index (χ0v) is 14.0. The first-order valence-electron chi connectivity index (χ1n) is 8.12. The average Bonchev–Trinajstić information content (AvgIpc) is 2.96. The SMILES string of the molecule is Cc1ccc(N2CC[C@@H](NC(=O)c3ccc(C(F)(F)F)cc3)C2=O)cc1. The molecule has 0 aliphatic carbocycles. The van der Waals surface area contributed by atoms with E-state index in [2.05, 4.69) is 5.32 Å². The molecule has 2 aromatic carbocycles. The van der Waals surface area contributed by atoms with Gasteiger partial charge in [-0.3, -0.25) is 9.59 Å². The Morgan fingerprint density at radius 3 is 2.27 bits per heavy atom. The van der Waals surface area contributed by atoms with Crippen molar-refractivity contribution in [2.45, 2.75) is 25.6 Å². The monoisotopic (exact) mass is 362 g/mol. The Labute approximate surface area is 148 Å². The number of alkyl halides is 3. The van der Waals surface area contributed by atoms with Gasteiger partial charge in [-0.2, -0.15) is 13.2 Å². The number of amides is 2. The molecule has 2 aromatic rings. The summed E-state index contributed by atoms with van der Waals surface area (Å²) in [4.78, 5) is 26.3. The predicted molar refractivity (Wildman–Crippen MR) is 90.8 cm³/mol. The van der Waals surface area contributed by atoms with Crippen molar-refractivity contribution in [3.63, 3.8) is 0 Å². The summed E-state index contributed by atoms with van der Waals surface area (Å²) in [6.07, 6.45) is -4.01. The van der Waals surface area contributed by atoms with E-state index in [1.165, 1.54) is 0 Å². The molecular formula is C19H17F3N2O2. The Kier molecular flexibility index (Phi) is 4.71. The maximum Gasteiger partial charge on any atom is 0.416 e. The summed E-state index contributed by atoms with van der Waals surface area (Å²) < 4.78 is 37.7. The van der Waals surface area contributed by atoms with Gasteiger partial charge in [0.05, 0.1) is 5.56 Å². The Morgan fingerprint density at radius 1 is 1.08 bits per heavy atom. The summed E-state index contributed by atoms with van der Waals surface area (Å²) >= 11 is 0. The zero-order chi connectivity index (χ0) is 18.9. The van der Waals surface area contributed by atoms with Crippen LogP contribution in [0.3, 0.4) is 0 Å². The van der Waals surface area contributed by atoms with E-state index in [1.54, 1.807) is 4.90 Å². The molecule has 0 saturated carbocycles. The second-order valence-corrected chi connectivity index (χ2v) is 6.22. The Hall–Kier alpha value is -2.83. The maximum atomic E-state index is 12.6. The highest BCUT2D eigenvalue weighted by Gasteiger charge is 2.34. The third-order valence-electron chi connectivity index (χ3n) is 4.33. The molecule has 4 nitrogen and oxygen atoms in total. The number of nitrogens with zero attached hydrogens (tertiary/aromatic N) is 1. The zero-order valence-electron chi connectivity index (χ0n) is 14.0. The first-order chi connectivity index (χ1) is 12.3. The van der Waals surface area contributed by atoms with Gasteiger partial charge in [0.1, 0.15) is 6.04 Å². The van der Waals surface area contributed by atoms with E-state index in [9.17, 15) is 22.8 Å². The van der Waals surface area contributed by atoms with E-state index in [1.807, 2.05) is 31.2 Å². The Balaban J connectivity index is 1.66. The quantitative estimate of drug-likeness (QED) is 0.908. The lowest BCUT2D eigenvalue weighted by Crippen LogP contribution is -2.41. The summed E-state index contributed by atoms with van der Waals surface area (Å²) in [5.74, 6) is -0.794. The molecule has 1 N–H and O–H groups in total. The van der Waals surface area contributed by atoms with Gasteiger partial charge in [0.15, 0.2) is 0 Å². The molecule has 3 rings (SSSR count). The van der Waals surface area contributed by atoms with Crippen molar-refractivity contribution in [2.75, 3.05) is 11.4 Å². The Bertz CT molecular complexity index is 814. The highest BCUT2D eigenvalue weighted by Crippen LogP contribution is 2.29. The number of benzene rings is 2. The van der Waals surface area contributed by atoms with Gasteiger partial charge in [-0.25, -0.2) is 0 Å². The summed E-state index contributed by atoms with van der Waals surface area (Å²) in [5.41, 5.74) is 1.09. The van der Waals surface area contributed by atoms with E-state index in [-0.39, 0.29) is 11.5 Å². The van der Waals surface area contributed by atoms with E-state index < -0.39 is 23.7 Å². The van der Waals surface area contributed by atoms with Crippen molar-refractivity contribution in [1.82, 2.24) is 5.32 Å². The highest BCUT2D eigenvalue weighted by molar-refractivity contribution is 6.03. The molecular weight excluding hydrogens is 345 g/mol.